The Hall–Kier alpha value is -0.920. The minimum Gasteiger partial charge on any atom is -0.312 e. The van der Waals surface area contributed by atoms with Crippen molar-refractivity contribution in [2.75, 3.05) is 20.1 Å². The van der Waals surface area contributed by atoms with Gasteiger partial charge in [0.2, 0.25) is 10.0 Å². The fraction of sp³-hybridized carbons (Fsp3) is 0.769. The van der Waals surface area contributed by atoms with Gasteiger partial charge in [0, 0.05) is 32.4 Å². The molecule has 0 saturated heterocycles. The summed E-state index contributed by atoms with van der Waals surface area (Å²) in [4.78, 5) is 0.270. The lowest BCUT2D eigenvalue weighted by Crippen LogP contribution is -2.30. The van der Waals surface area contributed by atoms with E-state index < -0.39 is 10.0 Å². The van der Waals surface area contributed by atoms with E-state index in [1.807, 2.05) is 13.8 Å². The highest BCUT2D eigenvalue weighted by Gasteiger charge is 2.23. The number of rotatable bonds is 8. The molecule has 7 heteroatoms. The first-order chi connectivity index (χ1) is 9.39. The summed E-state index contributed by atoms with van der Waals surface area (Å²) in [6.07, 6.45) is 5.54. The average molecular weight is 300 g/mol. The third-order valence-electron chi connectivity index (χ3n) is 3.29. The zero-order chi connectivity index (χ0) is 14.8. The highest BCUT2D eigenvalue weighted by atomic mass is 32.2. The molecule has 1 aliphatic rings. The molecule has 1 aromatic heterocycles. The van der Waals surface area contributed by atoms with Crippen LogP contribution >= 0.6 is 0 Å². The second kappa shape index (κ2) is 6.24. The topological polar surface area (TPSA) is 67.2 Å². The molecule has 1 heterocycles. The quantitative estimate of drug-likeness (QED) is 0.775. The summed E-state index contributed by atoms with van der Waals surface area (Å²) in [5.74, 6) is 0.299. The Morgan fingerprint density at radius 3 is 2.80 bits per heavy atom. The minimum atomic E-state index is -3.41. The predicted molar refractivity (Wildman–Crippen MR) is 77.9 cm³/mol. The van der Waals surface area contributed by atoms with Crippen LogP contribution in [0.3, 0.4) is 0 Å². The van der Waals surface area contributed by atoms with Crippen LogP contribution in [0.15, 0.2) is 17.3 Å². The lowest BCUT2D eigenvalue weighted by atomic mass is 10.2. The van der Waals surface area contributed by atoms with Crippen LogP contribution in [-0.4, -0.2) is 48.7 Å². The van der Waals surface area contributed by atoms with Crippen molar-refractivity contribution in [1.82, 2.24) is 19.4 Å². The van der Waals surface area contributed by atoms with E-state index in [1.165, 1.54) is 23.3 Å². The summed E-state index contributed by atoms with van der Waals surface area (Å²) >= 11 is 0. The van der Waals surface area contributed by atoms with Crippen molar-refractivity contribution in [2.45, 2.75) is 44.2 Å². The van der Waals surface area contributed by atoms with Gasteiger partial charge >= 0.3 is 0 Å². The molecule has 1 saturated carbocycles. The number of aromatic nitrogens is 2. The van der Waals surface area contributed by atoms with Crippen LogP contribution in [0, 0.1) is 5.92 Å². The number of nitrogens with zero attached hydrogens (tertiary/aromatic N) is 3. The van der Waals surface area contributed by atoms with Crippen molar-refractivity contribution in [2.24, 2.45) is 5.92 Å². The molecule has 1 N–H and O–H groups in total. The molecule has 0 aliphatic heterocycles. The molecule has 1 aromatic rings. The highest BCUT2D eigenvalue weighted by Crippen LogP contribution is 2.18. The van der Waals surface area contributed by atoms with Gasteiger partial charge in [-0.1, -0.05) is 13.8 Å². The molecule has 114 valence electrons. The summed E-state index contributed by atoms with van der Waals surface area (Å²) < 4.78 is 27.7. The van der Waals surface area contributed by atoms with Gasteiger partial charge in [-0.15, -0.1) is 0 Å². The average Bonchev–Trinajstić information content (AvgIpc) is 3.04. The number of hydrogen-bond donors (Lipinski definition) is 1. The van der Waals surface area contributed by atoms with Crippen LogP contribution in [-0.2, 0) is 16.6 Å². The predicted octanol–water partition coefficient (Wildman–Crippen LogP) is 0.912. The van der Waals surface area contributed by atoms with Gasteiger partial charge in [-0.05, 0) is 18.8 Å². The molecule has 20 heavy (non-hydrogen) atoms. The molecule has 0 aromatic carbocycles. The summed E-state index contributed by atoms with van der Waals surface area (Å²) in [6.45, 7) is 6.03. The number of hydrogen-bond acceptors (Lipinski definition) is 4. The fourth-order valence-electron chi connectivity index (χ4n) is 2.06. The first kappa shape index (κ1) is 15.5. The SMILES string of the molecule is CC(C)CN(C)S(=O)(=O)c1cnn(CCNC2CC2)c1. The fourth-order valence-corrected chi connectivity index (χ4v) is 3.35. The highest BCUT2D eigenvalue weighted by molar-refractivity contribution is 7.89. The normalized spacial score (nSPS) is 16.2. The molecule has 0 radical (unpaired) electrons. The summed E-state index contributed by atoms with van der Waals surface area (Å²) in [7, 11) is -1.80. The molecular weight excluding hydrogens is 276 g/mol. The van der Waals surface area contributed by atoms with Crippen LogP contribution in [0.1, 0.15) is 26.7 Å². The summed E-state index contributed by atoms with van der Waals surface area (Å²) in [6, 6.07) is 0.658. The van der Waals surface area contributed by atoms with Gasteiger partial charge in [0.1, 0.15) is 4.90 Å². The Bertz CT molecular complexity index is 534. The maximum absolute atomic E-state index is 12.3. The van der Waals surface area contributed by atoms with Crippen molar-refractivity contribution in [3.8, 4) is 0 Å². The van der Waals surface area contributed by atoms with Gasteiger partial charge in [0.15, 0.2) is 0 Å². The van der Waals surface area contributed by atoms with Crippen molar-refractivity contribution in [1.29, 1.82) is 0 Å². The van der Waals surface area contributed by atoms with Gasteiger partial charge in [0.05, 0.1) is 12.7 Å². The van der Waals surface area contributed by atoms with Crippen molar-refractivity contribution in [3.05, 3.63) is 12.4 Å². The summed E-state index contributed by atoms with van der Waals surface area (Å²) in [5, 5.41) is 7.51. The maximum atomic E-state index is 12.3. The zero-order valence-electron chi connectivity index (χ0n) is 12.4. The molecule has 0 unspecified atom stereocenters. The van der Waals surface area contributed by atoms with E-state index in [2.05, 4.69) is 10.4 Å². The van der Waals surface area contributed by atoms with Crippen LogP contribution in [0.5, 0.6) is 0 Å². The molecule has 6 nitrogen and oxygen atoms in total. The van der Waals surface area contributed by atoms with Crippen LogP contribution in [0.25, 0.3) is 0 Å². The van der Waals surface area contributed by atoms with Gasteiger partial charge in [0.25, 0.3) is 0 Å². The second-order valence-corrected chi connectivity index (χ2v) is 7.89. The van der Waals surface area contributed by atoms with Crippen LogP contribution < -0.4 is 5.32 Å². The van der Waals surface area contributed by atoms with E-state index in [-0.39, 0.29) is 4.90 Å². The first-order valence-electron chi connectivity index (χ1n) is 7.12. The van der Waals surface area contributed by atoms with Crippen LogP contribution in [0.2, 0.25) is 0 Å². The maximum Gasteiger partial charge on any atom is 0.245 e. The molecule has 2 rings (SSSR count). The number of sulfonamides is 1. The Labute approximate surface area is 121 Å². The Kier molecular flexibility index (Phi) is 4.82. The van der Waals surface area contributed by atoms with E-state index in [9.17, 15) is 8.42 Å². The van der Waals surface area contributed by atoms with E-state index in [0.717, 1.165) is 6.54 Å². The molecular formula is C13H24N4O2S. The Morgan fingerprint density at radius 1 is 1.50 bits per heavy atom. The monoisotopic (exact) mass is 300 g/mol. The smallest absolute Gasteiger partial charge is 0.245 e. The standard InChI is InChI=1S/C13H24N4O2S/c1-11(2)9-16(3)20(18,19)13-8-15-17(10-13)7-6-14-12-4-5-12/h8,10-12,14H,4-7,9H2,1-3H3. The molecule has 0 atom stereocenters. The van der Waals surface area contributed by atoms with Crippen molar-refractivity contribution >= 4 is 10.0 Å². The van der Waals surface area contributed by atoms with E-state index in [4.69, 9.17) is 0 Å². The Morgan fingerprint density at radius 2 is 2.20 bits per heavy atom. The minimum absolute atomic E-state index is 0.270. The van der Waals surface area contributed by atoms with Crippen LogP contribution in [0.4, 0.5) is 0 Å². The molecule has 1 aliphatic carbocycles. The molecule has 0 amide bonds. The lowest BCUT2D eigenvalue weighted by Gasteiger charge is -2.17. The van der Waals surface area contributed by atoms with Crippen molar-refractivity contribution in [3.63, 3.8) is 0 Å². The molecule has 1 fully saturated rings. The van der Waals surface area contributed by atoms with E-state index >= 15 is 0 Å². The molecule has 0 spiro atoms. The Balaban J connectivity index is 1.95. The van der Waals surface area contributed by atoms with Gasteiger partial charge in [-0.2, -0.15) is 5.10 Å². The second-order valence-electron chi connectivity index (χ2n) is 5.85. The molecule has 0 bridgehead atoms. The number of nitrogens with one attached hydrogen (secondary N) is 1. The first-order valence-corrected chi connectivity index (χ1v) is 8.56. The van der Waals surface area contributed by atoms with Gasteiger partial charge < -0.3 is 5.32 Å². The van der Waals surface area contributed by atoms with E-state index in [1.54, 1.807) is 17.9 Å². The van der Waals surface area contributed by atoms with Gasteiger partial charge in [-0.3, -0.25) is 4.68 Å². The third-order valence-corrected chi connectivity index (χ3v) is 5.07. The summed E-state index contributed by atoms with van der Waals surface area (Å²) in [5.41, 5.74) is 0. The largest absolute Gasteiger partial charge is 0.312 e. The van der Waals surface area contributed by atoms with Gasteiger partial charge in [-0.25, -0.2) is 12.7 Å². The lowest BCUT2D eigenvalue weighted by molar-refractivity contribution is 0.417. The van der Waals surface area contributed by atoms with E-state index in [0.29, 0.717) is 25.0 Å². The zero-order valence-corrected chi connectivity index (χ0v) is 13.2. The van der Waals surface area contributed by atoms with Crippen molar-refractivity contribution < 1.29 is 8.42 Å². The third kappa shape index (κ3) is 4.04.